The van der Waals surface area contributed by atoms with E-state index in [1.54, 1.807) is 24.4 Å². The van der Waals surface area contributed by atoms with Gasteiger partial charge in [0, 0.05) is 28.2 Å². The largest absolute Gasteiger partial charge is 0.390 e. The van der Waals surface area contributed by atoms with Gasteiger partial charge in [-0.05, 0) is 56.7 Å². The van der Waals surface area contributed by atoms with Gasteiger partial charge < -0.3 is 15.4 Å². The number of aliphatic hydroxyl groups is 1. The van der Waals surface area contributed by atoms with Crippen molar-refractivity contribution in [1.82, 2.24) is 15.3 Å². The Bertz CT molecular complexity index is 1030. The predicted molar refractivity (Wildman–Crippen MR) is 104 cm³/mol. The molecule has 0 saturated heterocycles. The molecule has 6 heteroatoms. The molecule has 2 bridgehead atoms. The number of pyridine rings is 1. The lowest BCUT2D eigenvalue weighted by Crippen LogP contribution is -2.58. The SMILES string of the molecule is O=C(NC12CCC(O)(CC1)CC2)c1ccc(-c2ncc(F)c3[nH]ccc23)cc1. The normalized spacial score (nSPS) is 26.5. The van der Waals surface area contributed by atoms with Gasteiger partial charge in [0.05, 0.1) is 23.0 Å². The number of benzene rings is 1. The van der Waals surface area contributed by atoms with Crippen LogP contribution in [0.4, 0.5) is 4.39 Å². The first-order valence-corrected chi connectivity index (χ1v) is 9.74. The lowest BCUT2D eigenvalue weighted by Gasteiger charge is -2.51. The third-order valence-electron chi connectivity index (χ3n) is 6.55. The first kappa shape index (κ1) is 17.4. The number of aromatic amines is 1. The molecule has 0 spiro atoms. The van der Waals surface area contributed by atoms with Crippen LogP contribution in [0.5, 0.6) is 0 Å². The van der Waals surface area contributed by atoms with Crippen LogP contribution in [0.2, 0.25) is 0 Å². The summed E-state index contributed by atoms with van der Waals surface area (Å²) < 4.78 is 13.8. The average molecular weight is 379 g/mol. The molecule has 5 nitrogen and oxygen atoms in total. The second kappa shape index (κ2) is 6.14. The van der Waals surface area contributed by atoms with Crippen LogP contribution in [0.25, 0.3) is 22.2 Å². The number of aromatic nitrogens is 2. The van der Waals surface area contributed by atoms with Crippen LogP contribution < -0.4 is 5.32 Å². The maximum absolute atomic E-state index is 13.8. The number of carbonyl (C=O) groups excluding carboxylic acids is 1. The number of nitrogens with zero attached hydrogens (tertiary/aromatic N) is 1. The van der Waals surface area contributed by atoms with Crippen LogP contribution in [0.1, 0.15) is 48.9 Å². The number of fused-ring (bicyclic) bond motifs is 4. The maximum Gasteiger partial charge on any atom is 0.251 e. The minimum atomic E-state index is -0.514. The lowest BCUT2D eigenvalue weighted by atomic mass is 9.63. The van der Waals surface area contributed by atoms with E-state index < -0.39 is 5.60 Å². The highest BCUT2D eigenvalue weighted by atomic mass is 19.1. The summed E-state index contributed by atoms with van der Waals surface area (Å²) in [5.41, 5.74) is 1.84. The highest BCUT2D eigenvalue weighted by Crippen LogP contribution is 2.46. The fourth-order valence-corrected chi connectivity index (χ4v) is 4.70. The van der Waals surface area contributed by atoms with Crippen molar-refractivity contribution in [3.8, 4) is 11.3 Å². The molecular weight excluding hydrogens is 357 g/mol. The number of nitrogens with one attached hydrogen (secondary N) is 2. The fraction of sp³-hybridized carbons (Fsp3) is 0.364. The summed E-state index contributed by atoms with van der Waals surface area (Å²) in [5, 5.41) is 14.3. The number of halogens is 1. The van der Waals surface area contributed by atoms with Gasteiger partial charge in [0.25, 0.3) is 5.91 Å². The molecule has 2 heterocycles. The highest BCUT2D eigenvalue weighted by molar-refractivity contribution is 5.97. The number of amides is 1. The van der Waals surface area contributed by atoms with Gasteiger partial charge in [-0.15, -0.1) is 0 Å². The molecule has 1 amide bonds. The molecule has 28 heavy (non-hydrogen) atoms. The monoisotopic (exact) mass is 379 g/mol. The number of rotatable bonds is 3. The number of hydrogen-bond donors (Lipinski definition) is 3. The minimum absolute atomic E-state index is 0.0854. The van der Waals surface area contributed by atoms with E-state index in [1.807, 2.05) is 12.1 Å². The summed E-state index contributed by atoms with van der Waals surface area (Å²) in [6, 6.07) is 9.06. The van der Waals surface area contributed by atoms with Crippen LogP contribution in [0.15, 0.2) is 42.7 Å². The Hall–Kier alpha value is -2.73. The summed E-state index contributed by atoms with van der Waals surface area (Å²) in [6.07, 6.45) is 7.67. The van der Waals surface area contributed by atoms with Crippen molar-refractivity contribution in [2.45, 2.75) is 49.7 Å². The van der Waals surface area contributed by atoms with E-state index in [0.29, 0.717) is 22.2 Å². The molecule has 0 aliphatic heterocycles. The van der Waals surface area contributed by atoms with Crippen molar-refractivity contribution >= 4 is 16.8 Å². The Balaban J connectivity index is 1.37. The van der Waals surface area contributed by atoms with Gasteiger partial charge in [-0.3, -0.25) is 9.78 Å². The van der Waals surface area contributed by atoms with Gasteiger partial charge in [-0.25, -0.2) is 4.39 Å². The number of hydrogen-bond acceptors (Lipinski definition) is 3. The molecule has 3 aromatic rings. The first-order chi connectivity index (χ1) is 13.5. The van der Waals surface area contributed by atoms with Gasteiger partial charge in [-0.2, -0.15) is 0 Å². The Morgan fingerprint density at radius 1 is 1.07 bits per heavy atom. The molecule has 3 N–H and O–H groups in total. The number of carbonyl (C=O) groups is 1. The summed E-state index contributed by atoms with van der Waals surface area (Å²) in [5.74, 6) is -0.469. The van der Waals surface area contributed by atoms with E-state index in [9.17, 15) is 14.3 Å². The molecule has 0 radical (unpaired) electrons. The van der Waals surface area contributed by atoms with E-state index >= 15 is 0 Å². The summed E-state index contributed by atoms with van der Waals surface area (Å²) in [4.78, 5) is 19.9. The zero-order valence-corrected chi connectivity index (χ0v) is 15.5. The zero-order valence-electron chi connectivity index (χ0n) is 15.5. The lowest BCUT2D eigenvalue weighted by molar-refractivity contribution is -0.0702. The van der Waals surface area contributed by atoms with Crippen LogP contribution in [-0.4, -0.2) is 32.1 Å². The van der Waals surface area contributed by atoms with E-state index in [0.717, 1.165) is 44.1 Å². The Kier molecular flexibility index (Phi) is 3.81. The molecule has 3 aliphatic rings. The van der Waals surface area contributed by atoms with Gasteiger partial charge >= 0.3 is 0 Å². The molecule has 3 fully saturated rings. The highest BCUT2D eigenvalue weighted by Gasteiger charge is 2.48. The smallest absolute Gasteiger partial charge is 0.251 e. The van der Waals surface area contributed by atoms with Crippen molar-refractivity contribution in [2.24, 2.45) is 0 Å². The van der Waals surface area contributed by atoms with Crippen molar-refractivity contribution in [3.05, 3.63) is 54.1 Å². The maximum atomic E-state index is 13.8. The standard InChI is InChI=1S/C22H22FN3O2/c23-17-13-25-18(16-5-12-24-19(16)17)14-1-3-15(4-2-14)20(27)26-21-6-9-22(28,10-7-21)11-8-21/h1-5,12-13,24,28H,6-11H2,(H,26,27). The van der Waals surface area contributed by atoms with Crippen molar-refractivity contribution in [2.75, 3.05) is 0 Å². The predicted octanol–water partition coefficient (Wildman–Crippen LogP) is 3.94. The topological polar surface area (TPSA) is 78.0 Å². The third-order valence-corrected chi connectivity index (χ3v) is 6.55. The van der Waals surface area contributed by atoms with E-state index in [-0.39, 0.29) is 17.3 Å². The first-order valence-electron chi connectivity index (χ1n) is 9.74. The Labute approximate surface area is 162 Å². The van der Waals surface area contributed by atoms with Crippen molar-refractivity contribution in [1.29, 1.82) is 0 Å². The fourth-order valence-electron chi connectivity index (χ4n) is 4.70. The zero-order chi connectivity index (χ0) is 19.4. The molecule has 3 saturated carbocycles. The van der Waals surface area contributed by atoms with Crippen molar-refractivity contribution < 1.29 is 14.3 Å². The molecule has 144 valence electrons. The van der Waals surface area contributed by atoms with Crippen LogP contribution in [-0.2, 0) is 0 Å². The second-order valence-electron chi connectivity index (χ2n) is 8.26. The Morgan fingerprint density at radius 2 is 1.75 bits per heavy atom. The molecule has 2 aromatic heterocycles. The van der Waals surface area contributed by atoms with Gasteiger partial charge in [0.1, 0.15) is 0 Å². The van der Waals surface area contributed by atoms with Crippen LogP contribution >= 0.6 is 0 Å². The summed E-state index contributed by atoms with van der Waals surface area (Å²) >= 11 is 0. The second-order valence-corrected chi connectivity index (χ2v) is 8.26. The van der Waals surface area contributed by atoms with E-state index in [1.165, 1.54) is 6.20 Å². The van der Waals surface area contributed by atoms with Crippen LogP contribution in [0, 0.1) is 5.82 Å². The number of H-pyrrole nitrogens is 1. The van der Waals surface area contributed by atoms with Crippen LogP contribution in [0.3, 0.4) is 0 Å². The van der Waals surface area contributed by atoms with Crippen molar-refractivity contribution in [3.63, 3.8) is 0 Å². The van der Waals surface area contributed by atoms with Gasteiger partial charge in [0.15, 0.2) is 5.82 Å². The molecule has 0 atom stereocenters. The molecule has 0 unspecified atom stereocenters. The third kappa shape index (κ3) is 2.79. The minimum Gasteiger partial charge on any atom is -0.390 e. The molecule has 1 aromatic carbocycles. The molecule has 3 aliphatic carbocycles. The van der Waals surface area contributed by atoms with E-state index in [4.69, 9.17) is 0 Å². The summed E-state index contributed by atoms with van der Waals surface area (Å²) in [6.45, 7) is 0. The molecular formula is C22H22FN3O2. The van der Waals surface area contributed by atoms with Gasteiger partial charge in [0.2, 0.25) is 0 Å². The van der Waals surface area contributed by atoms with Gasteiger partial charge in [-0.1, -0.05) is 12.1 Å². The Morgan fingerprint density at radius 3 is 2.43 bits per heavy atom. The molecule has 6 rings (SSSR count). The van der Waals surface area contributed by atoms with E-state index in [2.05, 4.69) is 15.3 Å². The average Bonchev–Trinajstić information content (AvgIpc) is 3.21. The quantitative estimate of drug-likeness (QED) is 0.645. The summed E-state index contributed by atoms with van der Waals surface area (Å²) in [7, 11) is 0.